The Morgan fingerprint density at radius 2 is 1.94 bits per heavy atom. The molecule has 1 fully saturated rings. The van der Waals surface area contributed by atoms with Crippen molar-refractivity contribution in [2.45, 2.75) is 52.0 Å². The second kappa shape index (κ2) is 10.3. The van der Waals surface area contributed by atoms with Crippen molar-refractivity contribution in [3.05, 3.63) is 46.2 Å². The first-order valence-corrected chi connectivity index (χ1v) is 12.9. The molecular formula is C23H30ClN3O5S. The highest BCUT2D eigenvalue weighted by atomic mass is 35.5. The number of ether oxygens (including phenoxy) is 1. The number of esters is 1. The number of benzene rings is 1. The molecule has 0 aliphatic carbocycles. The molecule has 1 aromatic carbocycles. The van der Waals surface area contributed by atoms with Crippen LogP contribution in [0.5, 0.6) is 0 Å². The summed E-state index contributed by atoms with van der Waals surface area (Å²) in [7, 11) is -4.03. The molecular weight excluding hydrogens is 466 g/mol. The summed E-state index contributed by atoms with van der Waals surface area (Å²) in [5.41, 5.74) is 1.67. The van der Waals surface area contributed by atoms with Gasteiger partial charge in [0.25, 0.3) is 0 Å². The van der Waals surface area contributed by atoms with Crippen molar-refractivity contribution in [3.8, 4) is 0 Å². The minimum absolute atomic E-state index is 0.0313. The lowest BCUT2D eigenvalue weighted by atomic mass is 9.99. The molecule has 180 valence electrons. The van der Waals surface area contributed by atoms with Gasteiger partial charge in [-0.15, -0.1) is 0 Å². The number of hydrogen-bond acceptors (Lipinski definition) is 5. The fourth-order valence-corrected chi connectivity index (χ4v) is 6.57. The summed E-state index contributed by atoms with van der Waals surface area (Å²) < 4.78 is 35.8. The van der Waals surface area contributed by atoms with Crippen LogP contribution in [0.1, 0.15) is 48.4 Å². The number of piperidine rings is 1. The van der Waals surface area contributed by atoms with Gasteiger partial charge in [-0.2, -0.15) is 4.31 Å². The average molecular weight is 496 g/mol. The lowest BCUT2D eigenvalue weighted by Crippen LogP contribution is -2.44. The molecule has 0 radical (unpaired) electrons. The smallest absolute Gasteiger partial charge is 0.341 e. The monoisotopic (exact) mass is 495 g/mol. The molecule has 8 nitrogen and oxygen atoms in total. The molecule has 2 heterocycles. The first-order valence-electron chi connectivity index (χ1n) is 11.0. The third kappa shape index (κ3) is 5.10. The summed E-state index contributed by atoms with van der Waals surface area (Å²) in [5, 5.41) is 3.32. The molecule has 3 rings (SSSR count). The number of hydrogen-bond donors (Lipinski definition) is 1. The van der Waals surface area contributed by atoms with Crippen molar-refractivity contribution < 1.29 is 22.7 Å². The maximum Gasteiger partial charge on any atom is 0.341 e. The van der Waals surface area contributed by atoms with Gasteiger partial charge in [0.15, 0.2) is 0 Å². The Morgan fingerprint density at radius 3 is 2.58 bits per heavy atom. The van der Waals surface area contributed by atoms with Gasteiger partial charge in [0.2, 0.25) is 15.9 Å². The number of rotatable bonds is 7. The fraction of sp³-hybridized carbons (Fsp3) is 0.478. The third-order valence-electron chi connectivity index (χ3n) is 5.97. The van der Waals surface area contributed by atoms with Crippen LogP contribution in [-0.4, -0.2) is 48.9 Å². The van der Waals surface area contributed by atoms with Crippen LogP contribution in [0.15, 0.2) is 29.2 Å². The Balaban J connectivity index is 1.91. The summed E-state index contributed by atoms with van der Waals surface area (Å²) in [6, 6.07) is 6.81. The molecule has 0 bridgehead atoms. The molecule has 0 spiro atoms. The van der Waals surface area contributed by atoms with Crippen molar-refractivity contribution in [1.82, 2.24) is 8.87 Å². The van der Waals surface area contributed by atoms with Crippen molar-refractivity contribution in [1.29, 1.82) is 0 Å². The summed E-state index contributed by atoms with van der Waals surface area (Å²) in [4.78, 5) is 25.5. The van der Waals surface area contributed by atoms with E-state index in [1.165, 1.54) is 4.31 Å². The Hall–Kier alpha value is -2.36. The number of nitrogens with one attached hydrogen (secondary N) is 1. The second-order valence-corrected chi connectivity index (χ2v) is 10.4. The van der Waals surface area contributed by atoms with Gasteiger partial charge in [-0.25, -0.2) is 13.2 Å². The van der Waals surface area contributed by atoms with Crippen LogP contribution in [0.2, 0.25) is 5.02 Å². The number of aromatic nitrogens is 1. The van der Waals surface area contributed by atoms with Crippen LogP contribution in [0.4, 0.5) is 5.69 Å². The number of halogens is 1. The largest absolute Gasteiger partial charge is 0.462 e. The quantitative estimate of drug-likeness (QED) is 0.585. The highest BCUT2D eigenvalue weighted by Gasteiger charge is 2.39. The zero-order valence-electron chi connectivity index (χ0n) is 19.4. The molecule has 0 unspecified atom stereocenters. The van der Waals surface area contributed by atoms with E-state index in [0.29, 0.717) is 41.5 Å². The van der Waals surface area contributed by atoms with E-state index in [4.69, 9.17) is 16.3 Å². The van der Waals surface area contributed by atoms with Crippen LogP contribution >= 0.6 is 11.6 Å². The van der Waals surface area contributed by atoms with E-state index in [2.05, 4.69) is 5.32 Å². The van der Waals surface area contributed by atoms with Gasteiger partial charge in [-0.1, -0.05) is 17.7 Å². The van der Waals surface area contributed by atoms with Crippen molar-refractivity contribution in [2.24, 2.45) is 5.92 Å². The number of carbonyl (C=O) groups excluding carboxylic acids is 2. The van der Waals surface area contributed by atoms with Gasteiger partial charge in [0.1, 0.15) is 10.5 Å². The van der Waals surface area contributed by atoms with E-state index in [1.54, 1.807) is 49.6 Å². The molecule has 0 saturated carbocycles. The average Bonchev–Trinajstić information content (AvgIpc) is 3.04. The number of nitrogens with zero attached hydrogens (tertiary/aromatic N) is 2. The number of sulfonamides is 1. The zero-order chi connectivity index (χ0) is 24.3. The SMILES string of the molecule is CCOC(=O)c1c(S(=O)(=O)N2CCC[C@@H](C(=O)Nc3cccc(Cl)c3)C2)c(C)n(CC)c1C. The van der Waals surface area contributed by atoms with Gasteiger partial charge >= 0.3 is 5.97 Å². The number of anilines is 1. The highest BCUT2D eigenvalue weighted by molar-refractivity contribution is 7.89. The predicted octanol–water partition coefficient (Wildman–Crippen LogP) is 3.99. The Morgan fingerprint density at radius 1 is 1.21 bits per heavy atom. The van der Waals surface area contributed by atoms with Gasteiger partial charge in [-0.05, 0) is 58.7 Å². The molecule has 10 heteroatoms. The first kappa shape index (κ1) is 25.3. The minimum atomic E-state index is -4.03. The van der Waals surface area contributed by atoms with E-state index >= 15 is 0 Å². The maximum atomic E-state index is 13.7. The number of carbonyl (C=O) groups is 2. The third-order valence-corrected chi connectivity index (χ3v) is 8.23. The summed E-state index contributed by atoms with van der Waals surface area (Å²) in [5.74, 6) is -1.44. The molecule has 1 atom stereocenters. The summed E-state index contributed by atoms with van der Waals surface area (Å²) in [6.45, 7) is 7.96. The number of amides is 1. The molecule has 33 heavy (non-hydrogen) atoms. The van der Waals surface area contributed by atoms with E-state index in [-0.39, 0.29) is 36.1 Å². The van der Waals surface area contributed by atoms with Gasteiger partial charge in [0.05, 0.1) is 12.5 Å². The van der Waals surface area contributed by atoms with Gasteiger partial charge in [0, 0.05) is 41.7 Å². The standard InChI is InChI=1S/C23H30ClN3O5S/c1-5-27-15(3)20(23(29)32-6-2)21(16(27)4)33(30,31)26-12-8-9-17(14-26)22(28)25-19-11-7-10-18(24)13-19/h7,10-11,13,17H,5-6,8-9,12,14H2,1-4H3,(H,25,28)/t17-/m1/s1. The molecule has 1 aromatic heterocycles. The maximum absolute atomic E-state index is 13.7. The second-order valence-electron chi connectivity index (χ2n) is 8.04. The molecule has 1 aliphatic rings. The summed E-state index contributed by atoms with van der Waals surface area (Å²) in [6.07, 6.45) is 1.10. The van der Waals surface area contributed by atoms with E-state index < -0.39 is 21.9 Å². The van der Waals surface area contributed by atoms with E-state index in [0.717, 1.165) is 0 Å². The first-order chi connectivity index (χ1) is 15.6. The van der Waals surface area contributed by atoms with Crippen LogP contribution in [-0.2, 0) is 26.1 Å². The zero-order valence-corrected chi connectivity index (χ0v) is 20.9. The van der Waals surface area contributed by atoms with Crippen molar-refractivity contribution in [2.75, 3.05) is 25.0 Å². The Bertz CT molecular complexity index is 1160. The van der Waals surface area contributed by atoms with Crippen LogP contribution in [0.3, 0.4) is 0 Å². The fourth-order valence-electron chi connectivity index (χ4n) is 4.40. The molecule has 1 aliphatic heterocycles. The van der Waals surface area contributed by atoms with Crippen molar-refractivity contribution >= 4 is 39.2 Å². The van der Waals surface area contributed by atoms with Crippen LogP contribution < -0.4 is 5.32 Å². The predicted molar refractivity (Wildman–Crippen MR) is 127 cm³/mol. The highest BCUT2D eigenvalue weighted by Crippen LogP contribution is 2.33. The topological polar surface area (TPSA) is 97.7 Å². The van der Waals surface area contributed by atoms with Crippen LogP contribution in [0, 0.1) is 19.8 Å². The molecule has 1 amide bonds. The Kier molecular flexibility index (Phi) is 7.87. The van der Waals surface area contributed by atoms with Gasteiger partial charge < -0.3 is 14.6 Å². The van der Waals surface area contributed by atoms with Gasteiger partial charge in [-0.3, -0.25) is 4.79 Å². The Labute approximate surface area is 199 Å². The molecule has 2 aromatic rings. The minimum Gasteiger partial charge on any atom is -0.462 e. The van der Waals surface area contributed by atoms with E-state index in [9.17, 15) is 18.0 Å². The molecule has 1 saturated heterocycles. The lowest BCUT2D eigenvalue weighted by Gasteiger charge is -2.31. The lowest BCUT2D eigenvalue weighted by molar-refractivity contribution is -0.120. The molecule has 1 N–H and O–H groups in total. The van der Waals surface area contributed by atoms with Crippen LogP contribution in [0.25, 0.3) is 0 Å². The van der Waals surface area contributed by atoms with Crippen molar-refractivity contribution in [3.63, 3.8) is 0 Å². The normalized spacial score (nSPS) is 17.1. The summed E-state index contributed by atoms with van der Waals surface area (Å²) >= 11 is 5.99. The van der Waals surface area contributed by atoms with E-state index in [1.807, 2.05) is 6.92 Å².